The fraction of sp³-hybridized carbons (Fsp3) is 0.250. The van der Waals surface area contributed by atoms with Crippen LogP contribution < -0.4 is 14.8 Å². The minimum Gasteiger partial charge on any atom is -0.428 e. The molecule has 0 radical (unpaired) electrons. The predicted octanol–water partition coefficient (Wildman–Crippen LogP) is 7.59. The minimum absolute atomic E-state index is 0.283. The molecule has 1 aliphatic rings. The second kappa shape index (κ2) is 9.08. The van der Waals surface area contributed by atoms with Gasteiger partial charge in [-0.25, -0.2) is 0 Å². The molecule has 0 aliphatic carbocycles. The molecule has 34 heavy (non-hydrogen) atoms. The van der Waals surface area contributed by atoms with Gasteiger partial charge in [0.1, 0.15) is 11.5 Å². The van der Waals surface area contributed by atoms with E-state index in [9.17, 15) is 30.7 Å². The number of alkyl halides is 7. The Kier molecular flexibility index (Phi) is 6.33. The average molecular weight is 485 g/mol. The van der Waals surface area contributed by atoms with Gasteiger partial charge in [0, 0.05) is 5.69 Å². The Morgan fingerprint density at radius 3 is 2.21 bits per heavy atom. The minimum atomic E-state index is -4.77. The number of rotatable bonds is 6. The molecule has 180 valence electrons. The number of hydrogen-bond acceptors (Lipinski definition) is 3. The molecular formula is C24H18F7NO2. The van der Waals surface area contributed by atoms with Crippen molar-refractivity contribution in [2.45, 2.75) is 37.8 Å². The number of halogens is 7. The molecule has 3 aromatic rings. The van der Waals surface area contributed by atoms with Gasteiger partial charge in [-0.15, -0.1) is 13.2 Å². The molecule has 3 nitrogen and oxygen atoms in total. The summed E-state index contributed by atoms with van der Waals surface area (Å²) in [6, 6.07) is 16.3. The number of ether oxygens (including phenoxy) is 2. The monoisotopic (exact) mass is 485 g/mol. The van der Waals surface area contributed by atoms with Crippen LogP contribution in [0.1, 0.15) is 23.6 Å². The molecule has 0 spiro atoms. The highest BCUT2D eigenvalue weighted by Crippen LogP contribution is 2.39. The van der Waals surface area contributed by atoms with Crippen molar-refractivity contribution in [1.29, 1.82) is 0 Å². The van der Waals surface area contributed by atoms with Crippen LogP contribution in [-0.4, -0.2) is 18.9 Å². The van der Waals surface area contributed by atoms with Gasteiger partial charge in [-0.05, 0) is 65.4 Å². The molecule has 1 heterocycles. The van der Waals surface area contributed by atoms with Crippen molar-refractivity contribution in [2.75, 3.05) is 5.32 Å². The topological polar surface area (TPSA) is 30.5 Å². The number of hydrogen-bond donors (Lipinski definition) is 1. The summed E-state index contributed by atoms with van der Waals surface area (Å²) in [4.78, 5) is 0. The summed E-state index contributed by atoms with van der Waals surface area (Å²) in [6.45, 7) is 0. The van der Waals surface area contributed by atoms with Gasteiger partial charge in [0.15, 0.2) is 0 Å². The first-order chi connectivity index (χ1) is 16.0. The van der Waals surface area contributed by atoms with E-state index in [4.69, 9.17) is 0 Å². The lowest BCUT2D eigenvalue weighted by Crippen LogP contribution is -2.33. The van der Waals surface area contributed by atoms with Crippen molar-refractivity contribution >= 4 is 5.69 Å². The normalized spacial score (nSPS) is 16.1. The van der Waals surface area contributed by atoms with Gasteiger partial charge in [-0.2, -0.15) is 17.6 Å². The molecule has 10 heteroatoms. The lowest BCUT2D eigenvalue weighted by atomic mass is 9.88. The molecule has 0 amide bonds. The molecule has 0 fully saturated rings. The third-order valence-corrected chi connectivity index (χ3v) is 5.36. The molecule has 0 saturated heterocycles. The lowest BCUT2D eigenvalue weighted by molar-refractivity contribution is -0.274. The maximum atomic E-state index is 13.3. The van der Waals surface area contributed by atoms with E-state index in [-0.39, 0.29) is 17.5 Å². The largest absolute Gasteiger partial charge is 0.573 e. The van der Waals surface area contributed by atoms with Crippen molar-refractivity contribution in [1.82, 2.24) is 0 Å². The van der Waals surface area contributed by atoms with Crippen LogP contribution in [0.15, 0.2) is 66.7 Å². The standard InChI is InChI=1S/C24H18F7NO2/c25-22(26)23(27,28)33-17-4-1-3-15(13-17)20-12-11-19-18(5-2-6-21(19)32-20)14-7-9-16(10-8-14)34-24(29,30)31/h1-10,13,20,22,32H,11-12H2. The molecule has 4 rings (SSSR count). The summed E-state index contributed by atoms with van der Waals surface area (Å²) < 4.78 is 96.7. The summed E-state index contributed by atoms with van der Waals surface area (Å²) >= 11 is 0. The van der Waals surface area contributed by atoms with Gasteiger partial charge >= 0.3 is 18.9 Å². The summed E-state index contributed by atoms with van der Waals surface area (Å²) in [7, 11) is 0. The van der Waals surface area contributed by atoms with Gasteiger partial charge < -0.3 is 14.8 Å². The first kappa shape index (κ1) is 23.7. The first-order valence-electron chi connectivity index (χ1n) is 10.2. The van der Waals surface area contributed by atoms with Crippen LogP contribution in [0.3, 0.4) is 0 Å². The van der Waals surface area contributed by atoms with Crippen LogP contribution in [0.4, 0.5) is 36.4 Å². The Balaban J connectivity index is 1.54. The maximum absolute atomic E-state index is 13.3. The van der Waals surface area contributed by atoms with Crippen molar-refractivity contribution in [3.8, 4) is 22.6 Å². The van der Waals surface area contributed by atoms with E-state index in [1.807, 2.05) is 12.1 Å². The summed E-state index contributed by atoms with van der Waals surface area (Å²) in [5, 5.41) is 3.31. The number of anilines is 1. The van der Waals surface area contributed by atoms with E-state index in [1.54, 1.807) is 12.1 Å². The van der Waals surface area contributed by atoms with Gasteiger partial charge in [0.05, 0.1) is 6.04 Å². The van der Waals surface area contributed by atoms with E-state index in [0.29, 0.717) is 24.0 Å². The smallest absolute Gasteiger partial charge is 0.428 e. The Morgan fingerprint density at radius 1 is 0.824 bits per heavy atom. The second-order valence-corrected chi connectivity index (χ2v) is 7.68. The van der Waals surface area contributed by atoms with Crippen LogP contribution >= 0.6 is 0 Å². The molecule has 1 unspecified atom stereocenters. The van der Waals surface area contributed by atoms with Gasteiger partial charge in [0.2, 0.25) is 0 Å². The Morgan fingerprint density at radius 2 is 1.53 bits per heavy atom. The summed E-state index contributed by atoms with van der Waals surface area (Å²) in [5.41, 5.74) is 3.84. The van der Waals surface area contributed by atoms with Crippen molar-refractivity contribution in [3.63, 3.8) is 0 Å². The van der Waals surface area contributed by atoms with Gasteiger partial charge in [0.25, 0.3) is 0 Å². The molecule has 0 saturated carbocycles. The second-order valence-electron chi connectivity index (χ2n) is 7.68. The zero-order valence-corrected chi connectivity index (χ0v) is 17.4. The van der Waals surface area contributed by atoms with Crippen LogP contribution in [0.5, 0.6) is 11.5 Å². The Hall–Kier alpha value is -3.43. The average Bonchev–Trinajstić information content (AvgIpc) is 2.77. The van der Waals surface area contributed by atoms with E-state index in [0.717, 1.165) is 16.8 Å². The van der Waals surface area contributed by atoms with Gasteiger partial charge in [-0.3, -0.25) is 0 Å². The molecule has 1 N–H and O–H groups in total. The van der Waals surface area contributed by atoms with E-state index in [1.165, 1.54) is 42.5 Å². The maximum Gasteiger partial charge on any atom is 0.573 e. The zero-order chi connectivity index (χ0) is 24.5. The van der Waals surface area contributed by atoms with Crippen LogP contribution in [-0.2, 0) is 6.42 Å². The van der Waals surface area contributed by atoms with Crippen LogP contribution in [0.2, 0.25) is 0 Å². The lowest BCUT2D eigenvalue weighted by Gasteiger charge is -2.29. The molecule has 1 atom stereocenters. The van der Waals surface area contributed by atoms with E-state index in [2.05, 4.69) is 14.8 Å². The van der Waals surface area contributed by atoms with Crippen molar-refractivity contribution in [2.24, 2.45) is 0 Å². The van der Waals surface area contributed by atoms with Crippen LogP contribution in [0, 0.1) is 0 Å². The predicted molar refractivity (Wildman–Crippen MR) is 111 cm³/mol. The number of fused-ring (bicyclic) bond motifs is 1. The molecule has 3 aromatic carbocycles. The van der Waals surface area contributed by atoms with E-state index >= 15 is 0 Å². The Bertz CT molecular complexity index is 1150. The molecule has 0 bridgehead atoms. The quantitative estimate of drug-likeness (QED) is 0.365. The summed E-state index contributed by atoms with van der Waals surface area (Å²) in [6.07, 6.45) is -12.2. The Labute approximate surface area is 190 Å². The third kappa shape index (κ3) is 5.37. The molecular weight excluding hydrogens is 467 g/mol. The first-order valence-corrected chi connectivity index (χ1v) is 10.2. The molecule has 1 aliphatic heterocycles. The third-order valence-electron chi connectivity index (χ3n) is 5.36. The summed E-state index contributed by atoms with van der Waals surface area (Å²) in [5.74, 6) is -0.691. The fourth-order valence-electron chi connectivity index (χ4n) is 3.89. The molecule has 0 aromatic heterocycles. The van der Waals surface area contributed by atoms with Crippen LogP contribution in [0.25, 0.3) is 11.1 Å². The fourth-order valence-corrected chi connectivity index (χ4v) is 3.89. The van der Waals surface area contributed by atoms with Crippen molar-refractivity contribution < 1.29 is 40.2 Å². The SMILES string of the molecule is FC(F)C(F)(F)Oc1cccc(C2CCc3c(cccc3-c3ccc(OC(F)(F)F)cc3)N2)c1. The highest BCUT2D eigenvalue weighted by Gasteiger charge is 2.44. The number of nitrogens with one attached hydrogen (secondary N) is 1. The zero-order valence-electron chi connectivity index (χ0n) is 17.4. The highest BCUT2D eigenvalue weighted by atomic mass is 19.4. The van der Waals surface area contributed by atoms with E-state index < -0.39 is 18.9 Å². The van der Waals surface area contributed by atoms with Crippen molar-refractivity contribution in [3.05, 3.63) is 77.9 Å². The van der Waals surface area contributed by atoms with Gasteiger partial charge in [-0.1, -0.05) is 36.4 Å². The number of benzene rings is 3. The highest BCUT2D eigenvalue weighted by molar-refractivity contribution is 5.75.